The van der Waals surface area contributed by atoms with Crippen molar-refractivity contribution in [1.82, 2.24) is 14.9 Å². The highest BCUT2D eigenvalue weighted by atomic mass is 16.5. The minimum Gasteiger partial charge on any atom is -0.494 e. The van der Waals surface area contributed by atoms with E-state index in [2.05, 4.69) is 65.3 Å². The van der Waals surface area contributed by atoms with Gasteiger partial charge in [-0.15, -0.1) is 0 Å². The third-order valence-electron chi connectivity index (χ3n) is 9.26. The van der Waals surface area contributed by atoms with Crippen LogP contribution in [0.5, 0.6) is 5.75 Å². The van der Waals surface area contributed by atoms with E-state index in [0.717, 1.165) is 86.3 Å². The molecule has 4 saturated carbocycles. The monoisotopic (exact) mass is 499 g/mol. The largest absolute Gasteiger partial charge is 0.494 e. The summed E-state index contributed by atoms with van der Waals surface area (Å²) in [5, 5.41) is 3.35. The average molecular weight is 500 g/mol. The van der Waals surface area contributed by atoms with E-state index < -0.39 is 0 Å². The molecule has 7 rings (SSSR count). The number of aromatic nitrogens is 2. The number of unbranched alkanes of at least 4 members (excludes halogenated alkanes) is 1. The van der Waals surface area contributed by atoms with Crippen molar-refractivity contribution >= 4 is 16.9 Å². The Kier molecular flexibility index (Phi) is 6.96. The number of imidazole rings is 1. The summed E-state index contributed by atoms with van der Waals surface area (Å²) in [4.78, 5) is 18.3. The van der Waals surface area contributed by atoms with Crippen molar-refractivity contribution in [2.75, 3.05) is 13.2 Å². The van der Waals surface area contributed by atoms with Crippen LogP contribution in [-0.2, 0) is 24.2 Å². The number of nitrogens with zero attached hydrogens (tertiary/aromatic N) is 2. The number of amides is 1. The second-order valence-corrected chi connectivity index (χ2v) is 11.9. The molecule has 1 amide bonds. The summed E-state index contributed by atoms with van der Waals surface area (Å²) in [7, 11) is 0. The van der Waals surface area contributed by atoms with Gasteiger partial charge < -0.3 is 14.6 Å². The molecule has 5 nitrogen and oxygen atoms in total. The van der Waals surface area contributed by atoms with Gasteiger partial charge in [-0.2, -0.15) is 0 Å². The van der Waals surface area contributed by atoms with Crippen LogP contribution in [0, 0.1) is 23.2 Å². The van der Waals surface area contributed by atoms with Gasteiger partial charge in [-0.1, -0.05) is 31.2 Å². The Labute approximate surface area is 221 Å². The number of carbonyl (C=O) groups excluding carboxylic acids is 1. The van der Waals surface area contributed by atoms with Gasteiger partial charge >= 0.3 is 0 Å². The third kappa shape index (κ3) is 5.15. The summed E-state index contributed by atoms with van der Waals surface area (Å²) in [5.41, 5.74) is 3.48. The molecule has 5 heteroatoms. The first-order chi connectivity index (χ1) is 18.1. The molecule has 4 aliphatic rings. The number of carbonyl (C=O) groups is 1. The summed E-state index contributed by atoms with van der Waals surface area (Å²) >= 11 is 0. The maximum absolute atomic E-state index is 13.4. The fourth-order valence-corrected chi connectivity index (χ4v) is 7.81. The first-order valence-electron chi connectivity index (χ1n) is 14.6. The van der Waals surface area contributed by atoms with Crippen molar-refractivity contribution in [2.24, 2.45) is 23.2 Å². The summed E-state index contributed by atoms with van der Waals surface area (Å²) in [5.74, 6) is 4.71. The molecule has 0 unspecified atom stereocenters. The Morgan fingerprint density at radius 1 is 1.00 bits per heavy atom. The molecule has 4 aliphatic carbocycles. The van der Waals surface area contributed by atoms with Gasteiger partial charge in [0, 0.05) is 24.9 Å². The van der Waals surface area contributed by atoms with Gasteiger partial charge in [-0.05, 0) is 105 Å². The van der Waals surface area contributed by atoms with Crippen molar-refractivity contribution in [3.05, 3.63) is 59.9 Å². The second kappa shape index (κ2) is 10.5. The number of nitrogens with one attached hydrogen (secondary N) is 1. The van der Waals surface area contributed by atoms with Crippen LogP contribution in [0.3, 0.4) is 0 Å². The summed E-state index contributed by atoms with van der Waals surface area (Å²) < 4.78 is 8.31. The zero-order valence-corrected chi connectivity index (χ0v) is 22.3. The molecule has 0 atom stereocenters. The highest BCUT2D eigenvalue weighted by Gasteiger charge is 2.54. The van der Waals surface area contributed by atoms with E-state index in [-0.39, 0.29) is 5.41 Å². The normalized spacial score (nSPS) is 26.0. The molecule has 196 valence electrons. The van der Waals surface area contributed by atoms with Gasteiger partial charge in [-0.3, -0.25) is 4.79 Å². The van der Waals surface area contributed by atoms with Gasteiger partial charge in [0.05, 0.1) is 17.6 Å². The molecule has 4 bridgehead atoms. The van der Waals surface area contributed by atoms with Crippen LogP contribution in [0.2, 0.25) is 0 Å². The van der Waals surface area contributed by atoms with Crippen molar-refractivity contribution in [2.45, 2.75) is 77.7 Å². The van der Waals surface area contributed by atoms with Crippen molar-refractivity contribution in [1.29, 1.82) is 0 Å². The number of benzene rings is 2. The zero-order chi connectivity index (χ0) is 25.2. The van der Waals surface area contributed by atoms with Crippen molar-refractivity contribution in [3.8, 4) is 5.75 Å². The molecule has 1 heterocycles. The maximum atomic E-state index is 13.4. The minimum atomic E-state index is -0.0776. The number of ether oxygens (including phenoxy) is 1. The Morgan fingerprint density at radius 3 is 2.41 bits per heavy atom. The highest BCUT2D eigenvalue weighted by Crippen LogP contribution is 2.60. The lowest BCUT2D eigenvalue weighted by atomic mass is 9.49. The van der Waals surface area contributed by atoms with Gasteiger partial charge in [0.15, 0.2) is 0 Å². The van der Waals surface area contributed by atoms with Crippen LogP contribution in [0.1, 0.15) is 69.7 Å². The van der Waals surface area contributed by atoms with Gasteiger partial charge in [0.1, 0.15) is 11.6 Å². The first kappa shape index (κ1) is 24.5. The van der Waals surface area contributed by atoms with Crippen LogP contribution in [0.15, 0.2) is 48.5 Å². The third-order valence-corrected chi connectivity index (χ3v) is 9.26. The highest BCUT2D eigenvalue weighted by molar-refractivity contribution is 5.83. The molecule has 37 heavy (non-hydrogen) atoms. The summed E-state index contributed by atoms with van der Waals surface area (Å²) in [6.45, 7) is 4.47. The number of para-hydroxylation sites is 2. The number of aryl methyl sites for hydroxylation is 2. The van der Waals surface area contributed by atoms with Crippen LogP contribution in [-0.4, -0.2) is 28.6 Å². The lowest BCUT2D eigenvalue weighted by molar-refractivity contribution is -0.146. The number of fused-ring (bicyclic) bond motifs is 1. The van der Waals surface area contributed by atoms with Crippen LogP contribution in [0.4, 0.5) is 0 Å². The number of hydrogen-bond donors (Lipinski definition) is 1. The molecule has 4 fully saturated rings. The van der Waals surface area contributed by atoms with E-state index in [1.807, 2.05) is 0 Å². The topological polar surface area (TPSA) is 56.1 Å². The van der Waals surface area contributed by atoms with E-state index in [0.29, 0.717) is 19.1 Å². The Balaban J connectivity index is 1.03. The predicted octanol–water partition coefficient (Wildman–Crippen LogP) is 6.33. The molecule has 3 aromatic rings. The summed E-state index contributed by atoms with van der Waals surface area (Å²) in [6.07, 6.45) is 11.3. The second-order valence-electron chi connectivity index (χ2n) is 11.9. The van der Waals surface area contributed by atoms with E-state index in [9.17, 15) is 4.79 Å². The lowest BCUT2D eigenvalue weighted by Crippen LogP contribution is -2.53. The molecule has 1 N–H and O–H groups in total. The maximum Gasteiger partial charge on any atom is 0.226 e. The number of hydrogen-bond acceptors (Lipinski definition) is 3. The van der Waals surface area contributed by atoms with Gasteiger partial charge in [-0.25, -0.2) is 4.98 Å². The Morgan fingerprint density at radius 2 is 1.70 bits per heavy atom. The minimum absolute atomic E-state index is 0.0776. The van der Waals surface area contributed by atoms with Crippen molar-refractivity contribution < 1.29 is 9.53 Å². The van der Waals surface area contributed by atoms with Gasteiger partial charge in [0.2, 0.25) is 5.91 Å². The van der Waals surface area contributed by atoms with E-state index in [1.54, 1.807) is 0 Å². The average Bonchev–Trinajstić information content (AvgIpc) is 3.25. The fourth-order valence-electron chi connectivity index (χ4n) is 7.81. The van der Waals surface area contributed by atoms with Crippen LogP contribution in [0.25, 0.3) is 11.0 Å². The van der Waals surface area contributed by atoms with Crippen LogP contribution >= 0.6 is 0 Å². The Bertz CT molecular complexity index is 1190. The first-order valence-corrected chi connectivity index (χ1v) is 14.6. The smallest absolute Gasteiger partial charge is 0.226 e. The van der Waals surface area contributed by atoms with E-state index >= 15 is 0 Å². The molecule has 1 aromatic heterocycles. The molecular formula is C32H41N3O2. The van der Waals surface area contributed by atoms with E-state index in [4.69, 9.17) is 9.72 Å². The summed E-state index contributed by atoms with van der Waals surface area (Å²) in [6, 6.07) is 16.8. The molecule has 0 aliphatic heterocycles. The van der Waals surface area contributed by atoms with Crippen LogP contribution < -0.4 is 10.1 Å². The number of rotatable bonds is 11. The predicted molar refractivity (Wildman–Crippen MR) is 148 cm³/mol. The zero-order valence-electron chi connectivity index (χ0n) is 22.3. The molecular weight excluding hydrogens is 458 g/mol. The molecule has 0 saturated heterocycles. The van der Waals surface area contributed by atoms with E-state index in [1.165, 1.54) is 30.3 Å². The molecule has 0 radical (unpaired) electrons. The van der Waals surface area contributed by atoms with Crippen molar-refractivity contribution in [3.63, 3.8) is 0 Å². The Hall–Kier alpha value is -2.82. The fraction of sp³-hybridized carbons (Fsp3) is 0.562. The SMILES string of the molecule is CCc1ccc(OCCCCn2c(CCNC(=O)C34CC5CC(CC(C5)C3)C4)nc3ccccc32)cc1. The standard InChI is InChI=1S/C32H41N3O2/c1-2-23-9-11-27(12-10-23)37-16-6-5-15-35-29-8-4-3-7-28(29)34-30(35)13-14-33-31(36)32-20-24-17-25(21-32)19-26(18-24)22-32/h3-4,7-12,24-26H,2,5-6,13-22H2,1H3,(H,33,36). The quantitative estimate of drug-likeness (QED) is 0.314. The molecule has 2 aromatic carbocycles. The lowest BCUT2D eigenvalue weighted by Gasteiger charge is -2.55. The van der Waals surface area contributed by atoms with Gasteiger partial charge in [0.25, 0.3) is 0 Å². The molecule has 0 spiro atoms.